The van der Waals surface area contributed by atoms with Gasteiger partial charge in [-0.25, -0.2) is 0 Å². The maximum atomic E-state index is 12.5. The van der Waals surface area contributed by atoms with Crippen LogP contribution in [0.2, 0.25) is 5.02 Å². The van der Waals surface area contributed by atoms with Gasteiger partial charge in [0.05, 0.1) is 6.04 Å². The Labute approximate surface area is 132 Å². The fourth-order valence-corrected chi connectivity index (χ4v) is 3.08. The Bertz CT molecular complexity index is 483. The Morgan fingerprint density at radius 1 is 1.43 bits per heavy atom. The molecule has 0 saturated carbocycles. The number of hydrogen-bond donors (Lipinski definition) is 0. The van der Waals surface area contributed by atoms with Gasteiger partial charge >= 0.3 is 0 Å². The molecule has 1 saturated heterocycles. The molecule has 0 N–H and O–H groups in total. The Morgan fingerprint density at radius 3 is 2.71 bits per heavy atom. The van der Waals surface area contributed by atoms with E-state index in [2.05, 4.69) is 16.8 Å². The van der Waals surface area contributed by atoms with E-state index in [0.29, 0.717) is 16.5 Å². The van der Waals surface area contributed by atoms with Crippen molar-refractivity contribution in [3.8, 4) is 0 Å². The van der Waals surface area contributed by atoms with E-state index in [1.165, 1.54) is 12.8 Å². The lowest BCUT2D eigenvalue weighted by atomic mass is 9.95. The molecule has 116 valence electrons. The molecule has 4 heteroatoms. The van der Waals surface area contributed by atoms with Crippen molar-refractivity contribution in [3.63, 3.8) is 0 Å². The lowest BCUT2D eigenvalue weighted by Crippen LogP contribution is -2.41. The van der Waals surface area contributed by atoms with Crippen LogP contribution in [-0.2, 0) is 0 Å². The number of carbonyl (C=O) groups excluding carboxylic acids is 1. The van der Waals surface area contributed by atoms with Crippen LogP contribution in [0, 0.1) is 5.92 Å². The topological polar surface area (TPSA) is 23.6 Å². The fourth-order valence-electron chi connectivity index (χ4n) is 2.89. The molecule has 1 aromatic carbocycles. The van der Waals surface area contributed by atoms with E-state index in [1.54, 1.807) is 12.1 Å². The summed E-state index contributed by atoms with van der Waals surface area (Å²) in [4.78, 5) is 17.1. The summed E-state index contributed by atoms with van der Waals surface area (Å²) in [7, 11) is 4.22. The lowest BCUT2D eigenvalue weighted by molar-refractivity contribution is 0.0829. The van der Waals surface area contributed by atoms with Crippen LogP contribution in [0.5, 0.6) is 0 Å². The average molecular weight is 309 g/mol. The fraction of sp³-hybridized carbons (Fsp3) is 0.588. The number of rotatable bonds is 5. The molecule has 1 unspecified atom stereocenters. The molecule has 0 amide bonds. The van der Waals surface area contributed by atoms with Gasteiger partial charge in [0.2, 0.25) is 0 Å². The molecule has 0 aliphatic carbocycles. The van der Waals surface area contributed by atoms with Crippen molar-refractivity contribution in [2.45, 2.75) is 25.8 Å². The molecular weight excluding hydrogens is 284 g/mol. The Hall–Kier alpha value is -0.900. The van der Waals surface area contributed by atoms with Crippen molar-refractivity contribution < 1.29 is 4.79 Å². The minimum atomic E-state index is -0.108. The second-order valence-corrected chi connectivity index (χ2v) is 6.67. The zero-order valence-corrected chi connectivity index (χ0v) is 13.9. The highest BCUT2D eigenvalue weighted by molar-refractivity contribution is 6.31. The summed E-state index contributed by atoms with van der Waals surface area (Å²) in [5, 5.41) is 0.617. The predicted octanol–water partition coefficient (Wildman–Crippen LogP) is 3.18. The summed E-state index contributed by atoms with van der Waals surface area (Å²) in [5.41, 5.74) is 0.699. The lowest BCUT2D eigenvalue weighted by Gasteiger charge is -2.33. The monoisotopic (exact) mass is 308 g/mol. The number of benzene rings is 1. The maximum absolute atomic E-state index is 12.5. The standard InChI is InChI=1S/C17H25ClN2O/c1-13(17(21)15-5-4-6-16(18)11-15)20(3)12-14-7-9-19(2)10-8-14/h4-6,11,13-14H,7-10,12H2,1-3H3. The van der Waals surface area contributed by atoms with E-state index in [4.69, 9.17) is 11.6 Å². The van der Waals surface area contributed by atoms with E-state index in [1.807, 2.05) is 26.1 Å². The smallest absolute Gasteiger partial charge is 0.179 e. The minimum Gasteiger partial charge on any atom is -0.306 e. The summed E-state index contributed by atoms with van der Waals surface area (Å²) in [6.45, 7) is 5.30. The molecule has 21 heavy (non-hydrogen) atoms. The van der Waals surface area contributed by atoms with Gasteiger partial charge in [-0.2, -0.15) is 0 Å². The van der Waals surface area contributed by atoms with Crippen molar-refractivity contribution in [2.75, 3.05) is 33.7 Å². The van der Waals surface area contributed by atoms with Crippen molar-refractivity contribution in [1.29, 1.82) is 0 Å². The molecular formula is C17H25ClN2O. The molecule has 1 atom stereocenters. The molecule has 0 bridgehead atoms. The summed E-state index contributed by atoms with van der Waals surface area (Å²) in [6, 6.07) is 7.12. The first-order valence-electron chi connectivity index (χ1n) is 7.66. The van der Waals surface area contributed by atoms with E-state index < -0.39 is 0 Å². The Morgan fingerprint density at radius 2 is 2.10 bits per heavy atom. The number of hydrogen-bond acceptors (Lipinski definition) is 3. The third-order valence-corrected chi connectivity index (χ3v) is 4.77. The van der Waals surface area contributed by atoms with Gasteiger partial charge in [-0.05, 0) is 65.0 Å². The molecule has 1 aliphatic rings. The first kappa shape index (κ1) is 16.5. The number of carbonyl (C=O) groups is 1. The summed E-state index contributed by atoms with van der Waals surface area (Å²) in [6.07, 6.45) is 2.44. The molecule has 1 aromatic rings. The van der Waals surface area contributed by atoms with Gasteiger partial charge in [0, 0.05) is 17.1 Å². The third kappa shape index (κ3) is 4.53. The third-order valence-electron chi connectivity index (χ3n) is 4.53. The van der Waals surface area contributed by atoms with Crippen LogP contribution in [0.4, 0.5) is 0 Å². The number of piperidine rings is 1. The second kappa shape index (κ2) is 7.39. The Balaban J connectivity index is 1.92. The van der Waals surface area contributed by atoms with Gasteiger partial charge in [0.25, 0.3) is 0 Å². The van der Waals surface area contributed by atoms with Crippen LogP contribution in [0.3, 0.4) is 0 Å². The number of likely N-dealkylation sites (N-methyl/N-ethyl adjacent to an activating group) is 1. The van der Waals surface area contributed by atoms with Gasteiger partial charge in [0.15, 0.2) is 5.78 Å². The predicted molar refractivity (Wildman–Crippen MR) is 88.1 cm³/mol. The van der Waals surface area contributed by atoms with Crippen LogP contribution in [0.15, 0.2) is 24.3 Å². The van der Waals surface area contributed by atoms with E-state index >= 15 is 0 Å². The van der Waals surface area contributed by atoms with Crippen LogP contribution in [0.1, 0.15) is 30.1 Å². The summed E-state index contributed by atoms with van der Waals surface area (Å²) < 4.78 is 0. The highest BCUT2D eigenvalue weighted by Gasteiger charge is 2.24. The van der Waals surface area contributed by atoms with Crippen molar-refractivity contribution in [1.82, 2.24) is 9.80 Å². The van der Waals surface area contributed by atoms with E-state index in [-0.39, 0.29) is 11.8 Å². The largest absolute Gasteiger partial charge is 0.306 e. The zero-order valence-electron chi connectivity index (χ0n) is 13.2. The minimum absolute atomic E-state index is 0.108. The van der Waals surface area contributed by atoms with Crippen molar-refractivity contribution >= 4 is 17.4 Å². The first-order chi connectivity index (χ1) is 9.97. The number of likely N-dealkylation sites (tertiary alicyclic amines) is 1. The van der Waals surface area contributed by atoms with Crippen LogP contribution < -0.4 is 0 Å². The SMILES string of the molecule is CC(C(=O)c1cccc(Cl)c1)N(C)CC1CCN(C)CC1. The molecule has 0 spiro atoms. The van der Waals surface area contributed by atoms with Crippen LogP contribution in [-0.4, -0.2) is 55.4 Å². The summed E-state index contributed by atoms with van der Waals surface area (Å²) >= 11 is 5.97. The molecule has 1 aliphatic heterocycles. The van der Waals surface area contributed by atoms with Crippen LogP contribution >= 0.6 is 11.6 Å². The number of nitrogens with zero attached hydrogens (tertiary/aromatic N) is 2. The van der Waals surface area contributed by atoms with E-state index in [0.717, 1.165) is 19.6 Å². The average Bonchev–Trinajstić information content (AvgIpc) is 2.48. The first-order valence-corrected chi connectivity index (χ1v) is 8.03. The quantitative estimate of drug-likeness (QED) is 0.781. The number of ketones is 1. The van der Waals surface area contributed by atoms with Crippen molar-refractivity contribution in [2.24, 2.45) is 5.92 Å². The highest BCUT2D eigenvalue weighted by atomic mass is 35.5. The number of Topliss-reactive ketones (excluding diaryl/α,β-unsaturated/α-hetero) is 1. The van der Waals surface area contributed by atoms with Gasteiger partial charge in [0.1, 0.15) is 0 Å². The normalized spacial score (nSPS) is 18.9. The van der Waals surface area contributed by atoms with Crippen LogP contribution in [0.25, 0.3) is 0 Å². The molecule has 1 heterocycles. The van der Waals surface area contributed by atoms with Gasteiger partial charge < -0.3 is 4.90 Å². The summed E-state index contributed by atoms with van der Waals surface area (Å²) in [5.74, 6) is 0.841. The van der Waals surface area contributed by atoms with Gasteiger partial charge in [-0.3, -0.25) is 9.69 Å². The van der Waals surface area contributed by atoms with Gasteiger partial charge in [-0.1, -0.05) is 23.7 Å². The highest BCUT2D eigenvalue weighted by Crippen LogP contribution is 2.19. The molecule has 0 radical (unpaired) electrons. The maximum Gasteiger partial charge on any atom is 0.179 e. The Kier molecular flexibility index (Phi) is 5.80. The molecule has 0 aromatic heterocycles. The number of halogens is 1. The van der Waals surface area contributed by atoms with Gasteiger partial charge in [-0.15, -0.1) is 0 Å². The molecule has 3 nitrogen and oxygen atoms in total. The van der Waals surface area contributed by atoms with E-state index in [9.17, 15) is 4.79 Å². The second-order valence-electron chi connectivity index (χ2n) is 6.24. The zero-order chi connectivity index (χ0) is 15.4. The molecule has 1 fully saturated rings. The molecule has 2 rings (SSSR count). The van der Waals surface area contributed by atoms with Crippen molar-refractivity contribution in [3.05, 3.63) is 34.9 Å².